The lowest BCUT2D eigenvalue weighted by atomic mass is 9.77. The summed E-state index contributed by atoms with van der Waals surface area (Å²) < 4.78 is 0. The van der Waals surface area contributed by atoms with Crippen molar-refractivity contribution in [2.24, 2.45) is 11.8 Å². The Bertz CT molecular complexity index is 210. The third-order valence-corrected chi connectivity index (χ3v) is 4.24. The Hall–Kier alpha value is -0.120. The van der Waals surface area contributed by atoms with Gasteiger partial charge < -0.3 is 15.7 Å². The summed E-state index contributed by atoms with van der Waals surface area (Å²) in [6, 6.07) is 1.05. The van der Waals surface area contributed by atoms with Crippen LogP contribution in [0.5, 0.6) is 0 Å². The summed E-state index contributed by atoms with van der Waals surface area (Å²) in [5, 5.41) is 17.3. The van der Waals surface area contributed by atoms with Crippen LogP contribution in [0.15, 0.2) is 0 Å². The minimum absolute atomic E-state index is 0.149. The minimum Gasteiger partial charge on any atom is -0.393 e. The van der Waals surface area contributed by atoms with E-state index in [0.717, 1.165) is 32.4 Å². The zero-order valence-corrected chi connectivity index (χ0v) is 11.9. The van der Waals surface area contributed by atoms with Gasteiger partial charge in [0.15, 0.2) is 0 Å². The van der Waals surface area contributed by atoms with Crippen LogP contribution in [0.25, 0.3) is 0 Å². The monoisotopic (exact) mass is 242 g/mol. The van der Waals surface area contributed by atoms with Crippen LogP contribution in [0.2, 0.25) is 0 Å². The van der Waals surface area contributed by atoms with Crippen LogP contribution in [-0.2, 0) is 0 Å². The minimum atomic E-state index is -0.149. The summed E-state index contributed by atoms with van der Waals surface area (Å²) in [5.74, 6) is 1.000. The summed E-state index contributed by atoms with van der Waals surface area (Å²) in [7, 11) is 0. The van der Waals surface area contributed by atoms with E-state index in [1.54, 1.807) is 0 Å². The number of rotatable bonds is 6. The standard InChI is InChI=1S/C14H30N2O/c1-5-11(12(6-2)14(17)7-3)13-9-15-8-10(4)16-13/h10-17H,5-9H2,1-4H3. The number of aliphatic hydroxyl groups excluding tert-OH is 1. The molecule has 102 valence electrons. The fraction of sp³-hybridized carbons (Fsp3) is 1.00. The van der Waals surface area contributed by atoms with Gasteiger partial charge in [-0.1, -0.05) is 33.6 Å². The second-order valence-corrected chi connectivity index (χ2v) is 5.45. The number of nitrogens with one attached hydrogen (secondary N) is 2. The highest BCUT2D eigenvalue weighted by molar-refractivity contribution is 4.90. The van der Waals surface area contributed by atoms with Gasteiger partial charge >= 0.3 is 0 Å². The van der Waals surface area contributed by atoms with Gasteiger partial charge in [0.05, 0.1) is 6.10 Å². The summed E-state index contributed by atoms with van der Waals surface area (Å²) in [6.07, 6.45) is 2.93. The summed E-state index contributed by atoms with van der Waals surface area (Å²) >= 11 is 0. The summed E-state index contributed by atoms with van der Waals surface area (Å²) in [4.78, 5) is 0. The van der Waals surface area contributed by atoms with E-state index < -0.39 is 0 Å². The number of aliphatic hydroxyl groups is 1. The zero-order valence-electron chi connectivity index (χ0n) is 11.9. The van der Waals surface area contributed by atoms with E-state index in [2.05, 4.69) is 38.3 Å². The van der Waals surface area contributed by atoms with E-state index in [4.69, 9.17) is 0 Å². The first-order chi connectivity index (χ1) is 8.13. The molecule has 0 saturated carbocycles. The topological polar surface area (TPSA) is 44.3 Å². The van der Waals surface area contributed by atoms with Crippen LogP contribution in [0, 0.1) is 11.8 Å². The van der Waals surface area contributed by atoms with Gasteiger partial charge in [0.1, 0.15) is 0 Å². The van der Waals surface area contributed by atoms with Crippen molar-refractivity contribution >= 4 is 0 Å². The highest BCUT2D eigenvalue weighted by atomic mass is 16.3. The molecule has 0 aliphatic carbocycles. The molecule has 0 bridgehead atoms. The van der Waals surface area contributed by atoms with Gasteiger partial charge in [-0.2, -0.15) is 0 Å². The van der Waals surface area contributed by atoms with Crippen molar-refractivity contribution in [3.63, 3.8) is 0 Å². The second-order valence-electron chi connectivity index (χ2n) is 5.45. The average Bonchev–Trinajstić information content (AvgIpc) is 2.34. The molecule has 1 saturated heterocycles. The van der Waals surface area contributed by atoms with Gasteiger partial charge in [-0.15, -0.1) is 0 Å². The Morgan fingerprint density at radius 1 is 1.12 bits per heavy atom. The molecule has 1 aliphatic heterocycles. The van der Waals surface area contributed by atoms with Crippen molar-refractivity contribution in [3.05, 3.63) is 0 Å². The van der Waals surface area contributed by atoms with E-state index >= 15 is 0 Å². The van der Waals surface area contributed by atoms with Crippen LogP contribution in [0.4, 0.5) is 0 Å². The molecule has 0 radical (unpaired) electrons. The molecule has 5 atom stereocenters. The second kappa shape index (κ2) is 7.34. The molecule has 3 N–H and O–H groups in total. The van der Waals surface area contributed by atoms with E-state index in [1.807, 2.05) is 0 Å². The molecule has 3 nitrogen and oxygen atoms in total. The van der Waals surface area contributed by atoms with Crippen LogP contribution in [0.3, 0.4) is 0 Å². The third-order valence-electron chi connectivity index (χ3n) is 4.24. The first kappa shape index (κ1) is 14.9. The van der Waals surface area contributed by atoms with Gasteiger partial charge in [0.25, 0.3) is 0 Å². The van der Waals surface area contributed by atoms with Gasteiger partial charge in [0, 0.05) is 25.2 Å². The molecule has 0 amide bonds. The van der Waals surface area contributed by atoms with Crippen molar-refractivity contribution in [2.75, 3.05) is 13.1 Å². The normalized spacial score (nSPS) is 30.9. The maximum atomic E-state index is 10.2. The maximum absolute atomic E-state index is 10.2. The maximum Gasteiger partial charge on any atom is 0.0568 e. The quantitative estimate of drug-likeness (QED) is 0.665. The highest BCUT2D eigenvalue weighted by Gasteiger charge is 2.32. The molecule has 3 heteroatoms. The van der Waals surface area contributed by atoms with Crippen LogP contribution >= 0.6 is 0 Å². The molecule has 0 aromatic carbocycles. The molecule has 0 aromatic rings. The fourth-order valence-electron chi connectivity index (χ4n) is 3.26. The first-order valence-electron chi connectivity index (χ1n) is 7.28. The first-order valence-corrected chi connectivity index (χ1v) is 7.28. The predicted octanol–water partition coefficient (Wildman–Crippen LogP) is 1.76. The summed E-state index contributed by atoms with van der Waals surface area (Å²) in [6.45, 7) is 10.8. The molecule has 1 fully saturated rings. The lowest BCUT2D eigenvalue weighted by Crippen LogP contribution is -2.58. The van der Waals surface area contributed by atoms with Crippen molar-refractivity contribution in [3.8, 4) is 0 Å². The molecule has 0 spiro atoms. The number of piperazine rings is 1. The lowest BCUT2D eigenvalue weighted by Gasteiger charge is -2.40. The predicted molar refractivity (Wildman–Crippen MR) is 73.1 cm³/mol. The van der Waals surface area contributed by atoms with Crippen LogP contribution in [-0.4, -0.2) is 36.4 Å². The average molecular weight is 242 g/mol. The van der Waals surface area contributed by atoms with Crippen molar-refractivity contribution in [1.29, 1.82) is 0 Å². The molecular formula is C14H30N2O. The molecule has 1 rings (SSSR count). The summed E-state index contributed by atoms with van der Waals surface area (Å²) in [5.41, 5.74) is 0. The molecular weight excluding hydrogens is 212 g/mol. The van der Waals surface area contributed by atoms with Crippen molar-refractivity contribution in [1.82, 2.24) is 10.6 Å². The van der Waals surface area contributed by atoms with E-state index in [1.165, 1.54) is 0 Å². The Labute approximate surface area is 106 Å². The molecule has 1 heterocycles. The number of hydrogen-bond acceptors (Lipinski definition) is 3. The highest BCUT2D eigenvalue weighted by Crippen LogP contribution is 2.28. The smallest absolute Gasteiger partial charge is 0.0568 e. The molecule has 0 aromatic heterocycles. The van der Waals surface area contributed by atoms with Crippen LogP contribution < -0.4 is 10.6 Å². The van der Waals surface area contributed by atoms with Crippen molar-refractivity contribution in [2.45, 2.75) is 65.1 Å². The van der Waals surface area contributed by atoms with E-state index in [9.17, 15) is 5.11 Å². The third kappa shape index (κ3) is 3.94. The number of hydrogen-bond donors (Lipinski definition) is 3. The lowest BCUT2D eigenvalue weighted by molar-refractivity contribution is 0.0459. The Morgan fingerprint density at radius 2 is 1.82 bits per heavy atom. The van der Waals surface area contributed by atoms with E-state index in [-0.39, 0.29) is 6.10 Å². The van der Waals surface area contributed by atoms with E-state index in [0.29, 0.717) is 23.9 Å². The molecule has 5 unspecified atom stereocenters. The Balaban J connectivity index is 2.66. The fourth-order valence-corrected chi connectivity index (χ4v) is 3.26. The van der Waals surface area contributed by atoms with Gasteiger partial charge in [-0.05, 0) is 25.2 Å². The Kier molecular flexibility index (Phi) is 6.45. The molecule has 1 aliphatic rings. The molecule has 17 heavy (non-hydrogen) atoms. The van der Waals surface area contributed by atoms with Crippen molar-refractivity contribution < 1.29 is 5.11 Å². The Morgan fingerprint density at radius 3 is 2.29 bits per heavy atom. The van der Waals surface area contributed by atoms with Gasteiger partial charge in [0.2, 0.25) is 0 Å². The van der Waals surface area contributed by atoms with Gasteiger partial charge in [-0.25, -0.2) is 0 Å². The van der Waals surface area contributed by atoms with Crippen LogP contribution in [0.1, 0.15) is 47.0 Å². The SMILES string of the molecule is CCC(O)C(CC)C(CC)C1CNCC(C)N1. The van der Waals surface area contributed by atoms with Gasteiger partial charge in [-0.3, -0.25) is 0 Å². The zero-order chi connectivity index (χ0) is 12.8. The largest absolute Gasteiger partial charge is 0.393 e.